The van der Waals surface area contributed by atoms with Crippen molar-refractivity contribution in [1.82, 2.24) is 9.78 Å². The number of primary sulfonamides is 1. The van der Waals surface area contributed by atoms with Crippen molar-refractivity contribution in [2.24, 2.45) is 5.14 Å². The largest absolute Gasteiger partial charge is 0.418 e. The van der Waals surface area contributed by atoms with E-state index >= 15 is 0 Å². The number of hydrogen-bond donors (Lipinski definition) is 2. The predicted molar refractivity (Wildman–Crippen MR) is 98.6 cm³/mol. The van der Waals surface area contributed by atoms with Gasteiger partial charge in [0.25, 0.3) is 0 Å². The molecule has 0 saturated carbocycles. The lowest BCUT2D eigenvalue weighted by Gasteiger charge is -2.15. The van der Waals surface area contributed by atoms with Crippen LogP contribution in [0.3, 0.4) is 0 Å². The van der Waals surface area contributed by atoms with Crippen LogP contribution in [0.2, 0.25) is 0 Å². The van der Waals surface area contributed by atoms with E-state index in [4.69, 9.17) is 5.14 Å². The average molecular weight is 410 g/mol. The van der Waals surface area contributed by atoms with Crippen LogP contribution in [0.15, 0.2) is 65.8 Å². The van der Waals surface area contributed by atoms with Crippen molar-refractivity contribution in [3.63, 3.8) is 0 Å². The molecule has 6 nitrogen and oxygen atoms in total. The maximum absolute atomic E-state index is 13.3. The number of aromatic nitrogens is 2. The Labute approximate surface area is 159 Å². The van der Waals surface area contributed by atoms with E-state index < -0.39 is 26.7 Å². The van der Waals surface area contributed by atoms with Crippen LogP contribution in [0, 0.1) is 0 Å². The van der Waals surface area contributed by atoms with E-state index in [0.717, 1.165) is 23.4 Å². The zero-order valence-electron chi connectivity index (χ0n) is 14.5. The third kappa shape index (κ3) is 4.70. The number of halogens is 3. The second kappa shape index (κ2) is 7.64. The van der Waals surface area contributed by atoms with E-state index in [9.17, 15) is 21.6 Å². The molecule has 3 N–H and O–H groups in total. The Kier molecular flexibility index (Phi) is 5.43. The smallest absolute Gasteiger partial charge is 0.384 e. The van der Waals surface area contributed by atoms with Gasteiger partial charge in [-0.25, -0.2) is 18.2 Å². The number of alkyl halides is 3. The summed E-state index contributed by atoms with van der Waals surface area (Å²) in [7, 11) is -4.22. The lowest BCUT2D eigenvalue weighted by Crippen LogP contribution is -2.17. The lowest BCUT2D eigenvalue weighted by molar-refractivity contribution is -0.137. The Balaban J connectivity index is 1.70. The minimum Gasteiger partial charge on any atom is -0.384 e. The van der Waals surface area contributed by atoms with Gasteiger partial charge in [0.15, 0.2) is 0 Å². The van der Waals surface area contributed by atoms with Gasteiger partial charge in [-0.2, -0.15) is 18.3 Å². The standard InChI is InChI=1S/C18H17F3N4O2S/c19-18(20,21)16-12-15(28(22,26)27)6-7-17(16)23-10-8-13-2-4-14(5-3-13)25-11-1-9-24-25/h1-7,9,11-12,23H,8,10H2,(H2,22,26,27). The Morgan fingerprint density at radius 1 is 1.11 bits per heavy atom. The zero-order chi connectivity index (χ0) is 20.4. The van der Waals surface area contributed by atoms with Gasteiger partial charge < -0.3 is 5.32 Å². The Bertz CT molecular complexity index is 1050. The van der Waals surface area contributed by atoms with Gasteiger partial charge in [-0.15, -0.1) is 0 Å². The van der Waals surface area contributed by atoms with E-state index in [0.29, 0.717) is 12.5 Å². The van der Waals surface area contributed by atoms with Crippen LogP contribution < -0.4 is 10.5 Å². The van der Waals surface area contributed by atoms with Gasteiger partial charge in [-0.3, -0.25) is 0 Å². The quantitative estimate of drug-likeness (QED) is 0.653. The van der Waals surface area contributed by atoms with E-state index in [1.54, 1.807) is 23.1 Å². The van der Waals surface area contributed by atoms with E-state index in [1.807, 2.05) is 24.3 Å². The summed E-state index contributed by atoms with van der Waals surface area (Å²) < 4.78 is 64.1. The number of nitrogens with one attached hydrogen (secondary N) is 1. The molecule has 0 unspecified atom stereocenters. The molecule has 0 aliphatic heterocycles. The SMILES string of the molecule is NS(=O)(=O)c1ccc(NCCc2ccc(-n3cccn3)cc2)c(C(F)(F)F)c1. The van der Waals surface area contributed by atoms with Gasteiger partial charge >= 0.3 is 6.18 Å². The monoisotopic (exact) mass is 410 g/mol. The fourth-order valence-electron chi connectivity index (χ4n) is 2.67. The first kappa shape index (κ1) is 19.9. The number of nitrogens with two attached hydrogens (primary N) is 1. The van der Waals surface area contributed by atoms with Gasteiger partial charge in [0, 0.05) is 24.6 Å². The van der Waals surface area contributed by atoms with Crippen molar-refractivity contribution in [1.29, 1.82) is 0 Å². The molecule has 0 aliphatic rings. The minimum absolute atomic E-state index is 0.201. The molecule has 10 heteroatoms. The van der Waals surface area contributed by atoms with Crippen molar-refractivity contribution in [3.8, 4) is 5.69 Å². The molecule has 3 rings (SSSR count). The Hall–Kier alpha value is -2.85. The summed E-state index contributed by atoms with van der Waals surface area (Å²) in [4.78, 5) is -0.584. The summed E-state index contributed by atoms with van der Waals surface area (Å²) in [6.45, 7) is 0.235. The fraction of sp³-hybridized carbons (Fsp3) is 0.167. The van der Waals surface area contributed by atoms with Crippen LogP contribution >= 0.6 is 0 Å². The first-order valence-electron chi connectivity index (χ1n) is 8.21. The molecule has 3 aromatic rings. The molecule has 0 spiro atoms. The highest BCUT2D eigenvalue weighted by Gasteiger charge is 2.34. The topological polar surface area (TPSA) is 90.0 Å². The van der Waals surface area contributed by atoms with Crippen molar-refractivity contribution in [2.75, 3.05) is 11.9 Å². The van der Waals surface area contributed by atoms with Crippen LogP contribution in [0.4, 0.5) is 18.9 Å². The molecule has 0 fully saturated rings. The molecule has 0 radical (unpaired) electrons. The Morgan fingerprint density at radius 2 is 1.82 bits per heavy atom. The number of hydrogen-bond acceptors (Lipinski definition) is 4. The molecule has 0 bridgehead atoms. The molecular formula is C18H17F3N4O2S. The van der Waals surface area contributed by atoms with Crippen molar-refractivity contribution in [2.45, 2.75) is 17.5 Å². The molecule has 28 heavy (non-hydrogen) atoms. The van der Waals surface area contributed by atoms with Crippen LogP contribution in [0.5, 0.6) is 0 Å². The highest BCUT2D eigenvalue weighted by Crippen LogP contribution is 2.36. The third-order valence-corrected chi connectivity index (χ3v) is 4.97. The summed E-state index contributed by atoms with van der Waals surface area (Å²) >= 11 is 0. The summed E-state index contributed by atoms with van der Waals surface area (Å²) in [5, 5.41) is 11.8. The molecule has 0 saturated heterocycles. The number of rotatable bonds is 6. The zero-order valence-corrected chi connectivity index (χ0v) is 15.3. The second-order valence-corrected chi connectivity index (χ2v) is 7.61. The van der Waals surface area contributed by atoms with Gasteiger partial charge in [0.05, 0.1) is 16.1 Å². The van der Waals surface area contributed by atoms with Gasteiger partial charge in [0.2, 0.25) is 10.0 Å². The molecule has 0 amide bonds. The molecule has 1 aromatic heterocycles. The highest BCUT2D eigenvalue weighted by molar-refractivity contribution is 7.89. The summed E-state index contributed by atoms with van der Waals surface area (Å²) in [5.41, 5.74) is 0.527. The van der Waals surface area contributed by atoms with Gasteiger partial charge in [-0.05, 0) is 48.4 Å². The number of sulfonamides is 1. The van der Waals surface area contributed by atoms with E-state index in [2.05, 4.69) is 10.4 Å². The highest BCUT2D eigenvalue weighted by atomic mass is 32.2. The number of benzene rings is 2. The van der Waals surface area contributed by atoms with Gasteiger partial charge in [0.1, 0.15) is 0 Å². The van der Waals surface area contributed by atoms with Gasteiger partial charge in [-0.1, -0.05) is 12.1 Å². The Morgan fingerprint density at radius 3 is 2.39 bits per heavy atom. The summed E-state index contributed by atoms with van der Waals surface area (Å²) in [5.74, 6) is 0. The maximum atomic E-state index is 13.3. The predicted octanol–water partition coefficient (Wildman–Crippen LogP) is 3.19. The number of nitrogens with zero attached hydrogens (tertiary/aromatic N) is 2. The first-order valence-corrected chi connectivity index (χ1v) is 9.76. The molecule has 148 valence electrons. The lowest BCUT2D eigenvalue weighted by atomic mass is 10.1. The van der Waals surface area contributed by atoms with E-state index in [-0.39, 0.29) is 12.2 Å². The normalized spacial score (nSPS) is 12.1. The summed E-state index contributed by atoms with van der Waals surface area (Å²) in [6.07, 6.45) is -0.764. The van der Waals surface area contributed by atoms with Crippen molar-refractivity contribution >= 4 is 15.7 Å². The van der Waals surface area contributed by atoms with Crippen LogP contribution in [-0.4, -0.2) is 24.7 Å². The average Bonchev–Trinajstić information content (AvgIpc) is 3.15. The second-order valence-electron chi connectivity index (χ2n) is 6.04. The molecular weight excluding hydrogens is 393 g/mol. The first-order chi connectivity index (χ1) is 13.1. The third-order valence-electron chi connectivity index (χ3n) is 4.06. The summed E-state index contributed by atoms with van der Waals surface area (Å²) in [6, 6.07) is 11.9. The van der Waals surface area contributed by atoms with Crippen LogP contribution in [-0.2, 0) is 22.6 Å². The molecule has 1 heterocycles. The maximum Gasteiger partial charge on any atom is 0.418 e. The van der Waals surface area contributed by atoms with E-state index in [1.165, 1.54) is 0 Å². The molecule has 2 aromatic carbocycles. The van der Waals surface area contributed by atoms with Crippen molar-refractivity contribution in [3.05, 3.63) is 72.1 Å². The van der Waals surface area contributed by atoms with Crippen LogP contribution in [0.1, 0.15) is 11.1 Å². The minimum atomic E-state index is -4.71. The number of anilines is 1. The molecule has 0 aliphatic carbocycles. The van der Waals surface area contributed by atoms with Crippen LogP contribution in [0.25, 0.3) is 5.69 Å². The van der Waals surface area contributed by atoms with Crippen molar-refractivity contribution < 1.29 is 21.6 Å². The fourth-order valence-corrected chi connectivity index (χ4v) is 3.21. The molecule has 0 atom stereocenters.